The number of hydrogen-bond acceptors (Lipinski definition) is 4. The fourth-order valence-electron chi connectivity index (χ4n) is 4.33. The Bertz CT molecular complexity index is 792. The van der Waals surface area contributed by atoms with Gasteiger partial charge in [0.1, 0.15) is 6.54 Å². The SMILES string of the molecule is CCC(=NCC(=O)N1CCN(c2cccc(C)c2C)CC12CC2)/C(=C\N)CC. The van der Waals surface area contributed by atoms with Crippen LogP contribution < -0.4 is 10.6 Å². The Kier molecular flexibility index (Phi) is 6.11. The molecule has 3 rings (SSSR count). The summed E-state index contributed by atoms with van der Waals surface area (Å²) in [5, 5.41) is 0. The second kappa shape index (κ2) is 8.38. The number of carbonyl (C=O) groups excluding carboxylic acids is 1. The molecule has 1 spiro atoms. The lowest BCUT2D eigenvalue weighted by atomic mass is 10.0. The number of piperazine rings is 1. The molecule has 0 aromatic heterocycles. The average molecular weight is 383 g/mol. The maximum atomic E-state index is 13.0. The van der Waals surface area contributed by atoms with Crippen LogP contribution in [0.1, 0.15) is 50.7 Å². The Balaban J connectivity index is 1.70. The Hall–Kier alpha value is -2.30. The molecule has 0 bridgehead atoms. The highest BCUT2D eigenvalue weighted by molar-refractivity contribution is 6.00. The van der Waals surface area contributed by atoms with Crippen molar-refractivity contribution in [3.8, 4) is 0 Å². The summed E-state index contributed by atoms with van der Waals surface area (Å²) in [5.41, 5.74) is 11.7. The summed E-state index contributed by atoms with van der Waals surface area (Å²) in [7, 11) is 0. The molecule has 0 radical (unpaired) electrons. The van der Waals surface area contributed by atoms with Crippen LogP contribution in [0.2, 0.25) is 0 Å². The standard InChI is InChI=1S/C23H34N4O/c1-5-19(14-24)20(6-2)25-15-22(28)27-13-12-26(16-23(27)10-11-23)21-9-7-8-17(3)18(21)4/h7-9,14H,5-6,10-13,15-16,24H2,1-4H3/b19-14-,25-20?. The van der Waals surface area contributed by atoms with Gasteiger partial charge in [-0.25, -0.2) is 0 Å². The first-order chi connectivity index (χ1) is 13.5. The lowest BCUT2D eigenvalue weighted by molar-refractivity contribution is -0.133. The number of amides is 1. The molecular formula is C23H34N4O. The van der Waals surface area contributed by atoms with E-state index in [1.165, 1.54) is 16.8 Å². The molecule has 2 N–H and O–H groups in total. The van der Waals surface area contributed by atoms with Gasteiger partial charge in [-0.15, -0.1) is 0 Å². The molecule has 0 unspecified atom stereocenters. The summed E-state index contributed by atoms with van der Waals surface area (Å²) in [5.74, 6) is 0.150. The summed E-state index contributed by atoms with van der Waals surface area (Å²) < 4.78 is 0. The van der Waals surface area contributed by atoms with Gasteiger partial charge >= 0.3 is 0 Å². The van der Waals surface area contributed by atoms with Crippen LogP contribution in [-0.2, 0) is 4.79 Å². The highest BCUT2D eigenvalue weighted by Gasteiger charge is 2.53. The fraction of sp³-hybridized carbons (Fsp3) is 0.565. The molecule has 5 nitrogen and oxygen atoms in total. The molecule has 1 aromatic carbocycles. The highest BCUT2D eigenvalue weighted by Crippen LogP contribution is 2.45. The minimum atomic E-state index is 0.00467. The van der Waals surface area contributed by atoms with Crippen molar-refractivity contribution in [1.29, 1.82) is 0 Å². The van der Waals surface area contributed by atoms with Gasteiger partial charge < -0.3 is 15.5 Å². The molecule has 152 valence electrons. The quantitative estimate of drug-likeness (QED) is 0.765. The van der Waals surface area contributed by atoms with Gasteiger partial charge in [-0.05, 0) is 68.5 Å². The van der Waals surface area contributed by atoms with Gasteiger partial charge in [0.15, 0.2) is 0 Å². The molecule has 2 aliphatic rings. The summed E-state index contributed by atoms with van der Waals surface area (Å²) in [6.07, 6.45) is 5.45. The van der Waals surface area contributed by atoms with Gasteiger partial charge in [0.05, 0.1) is 5.54 Å². The lowest BCUT2D eigenvalue weighted by Crippen LogP contribution is -2.57. The van der Waals surface area contributed by atoms with Crippen molar-refractivity contribution in [3.63, 3.8) is 0 Å². The van der Waals surface area contributed by atoms with Gasteiger partial charge in [0, 0.05) is 31.0 Å². The van der Waals surface area contributed by atoms with Crippen molar-refractivity contribution >= 4 is 17.3 Å². The van der Waals surface area contributed by atoms with Crippen molar-refractivity contribution < 1.29 is 4.79 Å². The van der Waals surface area contributed by atoms with Crippen LogP contribution in [0.15, 0.2) is 35.0 Å². The van der Waals surface area contributed by atoms with E-state index < -0.39 is 0 Å². The number of anilines is 1. The minimum Gasteiger partial charge on any atom is -0.404 e. The molecule has 1 amide bonds. The van der Waals surface area contributed by atoms with Crippen LogP contribution in [0, 0.1) is 13.8 Å². The van der Waals surface area contributed by atoms with Crippen LogP contribution in [0.3, 0.4) is 0 Å². The first kappa shape index (κ1) is 20.4. The third-order valence-corrected chi connectivity index (χ3v) is 6.39. The second-order valence-electron chi connectivity index (χ2n) is 8.07. The summed E-state index contributed by atoms with van der Waals surface area (Å²) >= 11 is 0. The first-order valence-corrected chi connectivity index (χ1v) is 10.5. The number of benzene rings is 1. The average Bonchev–Trinajstić information content (AvgIpc) is 3.46. The van der Waals surface area contributed by atoms with Gasteiger partial charge in [-0.3, -0.25) is 9.79 Å². The Labute approximate surface area is 169 Å². The third-order valence-electron chi connectivity index (χ3n) is 6.39. The first-order valence-electron chi connectivity index (χ1n) is 10.5. The van der Waals surface area contributed by atoms with Crippen LogP contribution in [-0.4, -0.2) is 48.2 Å². The van der Waals surface area contributed by atoms with Crippen LogP contribution >= 0.6 is 0 Å². The van der Waals surface area contributed by atoms with Crippen molar-refractivity contribution in [2.75, 3.05) is 31.1 Å². The minimum absolute atomic E-state index is 0.00467. The molecule has 1 aliphatic heterocycles. The maximum Gasteiger partial charge on any atom is 0.244 e. The third kappa shape index (κ3) is 3.94. The van der Waals surface area contributed by atoms with Gasteiger partial charge in [-0.1, -0.05) is 26.0 Å². The van der Waals surface area contributed by atoms with E-state index >= 15 is 0 Å². The topological polar surface area (TPSA) is 61.9 Å². The largest absolute Gasteiger partial charge is 0.404 e. The van der Waals surface area contributed by atoms with Crippen LogP contribution in [0.5, 0.6) is 0 Å². The predicted molar refractivity (Wildman–Crippen MR) is 117 cm³/mol. The van der Waals surface area contributed by atoms with Crippen LogP contribution in [0.25, 0.3) is 0 Å². The Morgan fingerprint density at radius 3 is 2.57 bits per heavy atom. The number of aliphatic imine (C=N–C) groups is 1. The highest BCUT2D eigenvalue weighted by atomic mass is 16.2. The predicted octanol–water partition coefficient (Wildman–Crippen LogP) is 3.59. The zero-order chi connectivity index (χ0) is 20.3. The van der Waals surface area contributed by atoms with Gasteiger partial charge in [0.25, 0.3) is 0 Å². The normalized spacial score (nSPS) is 19.3. The maximum absolute atomic E-state index is 13.0. The van der Waals surface area contributed by atoms with Crippen molar-refractivity contribution in [2.24, 2.45) is 10.7 Å². The van der Waals surface area contributed by atoms with E-state index in [1.807, 2.05) is 0 Å². The van der Waals surface area contributed by atoms with Crippen molar-refractivity contribution in [3.05, 3.63) is 41.1 Å². The number of nitrogens with two attached hydrogens (primary N) is 1. The summed E-state index contributed by atoms with van der Waals surface area (Å²) in [6, 6.07) is 6.50. The monoisotopic (exact) mass is 382 g/mol. The zero-order valence-corrected chi connectivity index (χ0v) is 17.8. The molecule has 5 heteroatoms. The van der Waals surface area contributed by atoms with Crippen LogP contribution in [0.4, 0.5) is 5.69 Å². The molecule has 1 aromatic rings. The fourth-order valence-corrected chi connectivity index (χ4v) is 4.33. The van der Waals surface area contributed by atoms with Gasteiger partial charge in [0.2, 0.25) is 5.91 Å². The molecular weight excluding hydrogens is 348 g/mol. The Morgan fingerprint density at radius 2 is 1.96 bits per heavy atom. The zero-order valence-electron chi connectivity index (χ0n) is 17.8. The van der Waals surface area contributed by atoms with Crippen molar-refractivity contribution in [1.82, 2.24) is 4.90 Å². The number of rotatable bonds is 6. The molecule has 1 saturated carbocycles. The Morgan fingerprint density at radius 1 is 1.21 bits per heavy atom. The summed E-state index contributed by atoms with van der Waals surface area (Å²) in [6.45, 7) is 11.3. The number of allylic oxidation sites excluding steroid dienone is 1. The lowest BCUT2D eigenvalue weighted by Gasteiger charge is -2.43. The smallest absolute Gasteiger partial charge is 0.244 e. The van der Waals surface area contributed by atoms with E-state index in [-0.39, 0.29) is 18.0 Å². The molecule has 1 aliphatic carbocycles. The number of hydrogen-bond donors (Lipinski definition) is 1. The molecule has 0 atom stereocenters. The van der Waals surface area contributed by atoms with Crippen molar-refractivity contribution in [2.45, 2.75) is 58.9 Å². The second-order valence-corrected chi connectivity index (χ2v) is 8.07. The molecule has 28 heavy (non-hydrogen) atoms. The van der Waals surface area contributed by atoms with E-state index in [1.54, 1.807) is 6.20 Å². The van der Waals surface area contributed by atoms with E-state index in [0.717, 1.165) is 56.6 Å². The van der Waals surface area contributed by atoms with E-state index in [2.05, 4.69) is 60.7 Å². The van der Waals surface area contributed by atoms with Gasteiger partial charge in [-0.2, -0.15) is 0 Å². The van der Waals surface area contributed by atoms with E-state index in [9.17, 15) is 4.79 Å². The molecule has 2 fully saturated rings. The number of carbonyl (C=O) groups is 1. The number of aryl methyl sites for hydroxylation is 1. The molecule has 1 heterocycles. The summed E-state index contributed by atoms with van der Waals surface area (Å²) in [4.78, 5) is 22.2. The van der Waals surface area contributed by atoms with E-state index in [4.69, 9.17) is 5.73 Å². The molecule has 1 saturated heterocycles. The number of nitrogens with zero attached hydrogens (tertiary/aromatic N) is 3. The van der Waals surface area contributed by atoms with E-state index in [0.29, 0.717) is 0 Å².